The number of halogens is 1. The van der Waals surface area contributed by atoms with E-state index in [0.717, 1.165) is 23.2 Å². The van der Waals surface area contributed by atoms with Gasteiger partial charge < -0.3 is 4.90 Å². The molecule has 5 nitrogen and oxygen atoms in total. The van der Waals surface area contributed by atoms with Gasteiger partial charge in [-0.1, -0.05) is 67.6 Å². The third-order valence-electron chi connectivity index (χ3n) is 7.09. The van der Waals surface area contributed by atoms with Crippen LogP contribution in [0, 0.1) is 5.82 Å². The Labute approximate surface area is 227 Å². The SMILES string of the molecule is CCc1ccccc1-n1c(C(C)N(CCc2ccccc2)C(=O)c2ccc(F)cc2)nc2ccccc2c1=O. The van der Waals surface area contributed by atoms with Gasteiger partial charge in [-0.2, -0.15) is 0 Å². The summed E-state index contributed by atoms with van der Waals surface area (Å²) in [4.78, 5) is 34.6. The summed E-state index contributed by atoms with van der Waals surface area (Å²) in [6.45, 7) is 4.33. The standard InChI is InChI=1S/C33H30FN3O2/c1-3-25-13-7-10-16-30(25)37-31(35-29-15-9-8-14-28(29)33(37)39)23(2)36(22-21-24-11-5-4-6-12-24)32(38)26-17-19-27(34)20-18-26/h4-20,23H,3,21-22H2,1-2H3. The Morgan fingerprint density at radius 2 is 1.56 bits per heavy atom. The molecule has 0 bridgehead atoms. The summed E-state index contributed by atoms with van der Waals surface area (Å²) >= 11 is 0. The average molecular weight is 520 g/mol. The normalized spacial score (nSPS) is 11.9. The maximum atomic E-state index is 14.0. The average Bonchev–Trinajstić information content (AvgIpc) is 2.98. The number of rotatable bonds is 8. The second kappa shape index (κ2) is 11.4. The molecule has 0 radical (unpaired) electrons. The lowest BCUT2D eigenvalue weighted by Gasteiger charge is -2.31. The van der Waals surface area contributed by atoms with Gasteiger partial charge in [0.2, 0.25) is 0 Å². The first-order valence-electron chi connectivity index (χ1n) is 13.2. The molecule has 1 unspecified atom stereocenters. The first kappa shape index (κ1) is 26.0. The second-order valence-electron chi connectivity index (χ2n) is 9.53. The maximum Gasteiger partial charge on any atom is 0.266 e. The minimum atomic E-state index is -0.562. The van der Waals surface area contributed by atoms with Crippen molar-refractivity contribution in [3.63, 3.8) is 0 Å². The van der Waals surface area contributed by atoms with E-state index in [2.05, 4.69) is 0 Å². The Kier molecular flexibility index (Phi) is 7.64. The molecule has 5 aromatic rings. The van der Waals surface area contributed by atoms with Gasteiger partial charge in [0.25, 0.3) is 11.5 Å². The van der Waals surface area contributed by atoms with Crippen LogP contribution in [-0.2, 0) is 12.8 Å². The third kappa shape index (κ3) is 5.36. The number of hydrogen-bond donors (Lipinski definition) is 0. The van der Waals surface area contributed by atoms with Gasteiger partial charge in [0.05, 0.1) is 22.6 Å². The van der Waals surface area contributed by atoms with Gasteiger partial charge in [0.15, 0.2) is 0 Å². The van der Waals surface area contributed by atoms with Crippen LogP contribution in [-0.4, -0.2) is 26.9 Å². The molecule has 0 aliphatic carbocycles. The second-order valence-corrected chi connectivity index (χ2v) is 9.53. The molecule has 0 N–H and O–H groups in total. The minimum Gasteiger partial charge on any atom is -0.328 e. The summed E-state index contributed by atoms with van der Waals surface area (Å²) in [5.74, 6) is -0.184. The summed E-state index contributed by atoms with van der Waals surface area (Å²) in [5.41, 5.74) is 3.61. The number of benzene rings is 4. The number of carbonyl (C=O) groups is 1. The van der Waals surface area contributed by atoms with Crippen molar-refractivity contribution in [2.24, 2.45) is 0 Å². The van der Waals surface area contributed by atoms with Crippen molar-refractivity contribution >= 4 is 16.8 Å². The van der Waals surface area contributed by atoms with Crippen LogP contribution in [0.5, 0.6) is 0 Å². The third-order valence-corrected chi connectivity index (χ3v) is 7.09. The molecule has 0 aliphatic heterocycles. The minimum absolute atomic E-state index is 0.180. The van der Waals surface area contributed by atoms with Crippen molar-refractivity contribution < 1.29 is 9.18 Å². The molecule has 1 atom stereocenters. The maximum absolute atomic E-state index is 14.0. The van der Waals surface area contributed by atoms with Gasteiger partial charge in [0, 0.05) is 12.1 Å². The molecule has 0 saturated carbocycles. The van der Waals surface area contributed by atoms with Crippen molar-refractivity contribution in [1.82, 2.24) is 14.5 Å². The van der Waals surface area contributed by atoms with Crippen LogP contribution in [0.2, 0.25) is 0 Å². The van der Waals surface area contributed by atoms with E-state index >= 15 is 0 Å². The van der Waals surface area contributed by atoms with E-state index in [9.17, 15) is 14.0 Å². The highest BCUT2D eigenvalue weighted by Crippen LogP contribution is 2.26. The molecule has 1 aromatic heterocycles. The van der Waals surface area contributed by atoms with Crippen LogP contribution < -0.4 is 5.56 Å². The van der Waals surface area contributed by atoms with Gasteiger partial charge >= 0.3 is 0 Å². The largest absolute Gasteiger partial charge is 0.328 e. The predicted molar refractivity (Wildman–Crippen MR) is 153 cm³/mol. The van der Waals surface area contributed by atoms with Gasteiger partial charge in [-0.25, -0.2) is 9.37 Å². The van der Waals surface area contributed by atoms with Gasteiger partial charge in [-0.3, -0.25) is 14.2 Å². The molecule has 39 heavy (non-hydrogen) atoms. The molecular formula is C33H30FN3O2. The zero-order chi connectivity index (χ0) is 27.4. The molecule has 6 heteroatoms. The topological polar surface area (TPSA) is 55.2 Å². The Hall–Kier alpha value is -4.58. The highest BCUT2D eigenvalue weighted by atomic mass is 19.1. The molecule has 196 valence electrons. The number of fused-ring (bicyclic) bond motifs is 1. The first-order chi connectivity index (χ1) is 19.0. The summed E-state index contributed by atoms with van der Waals surface area (Å²) in [5, 5.41) is 0.514. The van der Waals surface area contributed by atoms with E-state index in [0.29, 0.717) is 35.3 Å². The molecular weight excluding hydrogens is 489 g/mol. The van der Waals surface area contributed by atoms with Crippen molar-refractivity contribution in [3.05, 3.63) is 142 Å². The Morgan fingerprint density at radius 3 is 2.31 bits per heavy atom. The highest BCUT2D eigenvalue weighted by Gasteiger charge is 2.28. The molecule has 1 amide bonds. The molecule has 0 saturated heterocycles. The summed E-state index contributed by atoms with van der Waals surface area (Å²) in [6, 6.07) is 30.0. The number of para-hydroxylation sites is 2. The number of nitrogens with zero attached hydrogens (tertiary/aromatic N) is 3. The van der Waals surface area contributed by atoms with E-state index in [1.54, 1.807) is 15.5 Å². The summed E-state index contributed by atoms with van der Waals surface area (Å²) < 4.78 is 15.3. The van der Waals surface area contributed by atoms with Crippen molar-refractivity contribution in [2.75, 3.05) is 6.54 Å². The lowest BCUT2D eigenvalue weighted by molar-refractivity contribution is 0.0683. The Morgan fingerprint density at radius 1 is 0.897 bits per heavy atom. The number of aryl methyl sites for hydroxylation is 1. The van der Waals surface area contributed by atoms with Gasteiger partial charge in [-0.15, -0.1) is 0 Å². The lowest BCUT2D eigenvalue weighted by Crippen LogP contribution is -2.39. The monoisotopic (exact) mass is 519 g/mol. The van der Waals surface area contributed by atoms with E-state index in [1.807, 2.05) is 86.6 Å². The van der Waals surface area contributed by atoms with Gasteiger partial charge in [-0.05, 0) is 73.4 Å². The predicted octanol–water partition coefficient (Wildman–Crippen LogP) is 6.53. The van der Waals surface area contributed by atoms with Crippen LogP contribution >= 0.6 is 0 Å². The smallest absolute Gasteiger partial charge is 0.266 e. The molecule has 1 heterocycles. The fourth-order valence-electron chi connectivity index (χ4n) is 4.95. The fraction of sp³-hybridized carbons (Fsp3) is 0.182. The van der Waals surface area contributed by atoms with Crippen LogP contribution in [0.15, 0.2) is 108 Å². The fourth-order valence-corrected chi connectivity index (χ4v) is 4.95. The molecule has 0 fully saturated rings. The molecule has 0 spiro atoms. The number of amides is 1. The first-order valence-corrected chi connectivity index (χ1v) is 13.2. The van der Waals surface area contributed by atoms with Crippen molar-refractivity contribution in [2.45, 2.75) is 32.7 Å². The molecule has 4 aromatic carbocycles. The number of hydrogen-bond acceptors (Lipinski definition) is 3. The van der Waals surface area contributed by atoms with Crippen molar-refractivity contribution in [3.8, 4) is 5.69 Å². The zero-order valence-corrected chi connectivity index (χ0v) is 22.0. The lowest BCUT2D eigenvalue weighted by atomic mass is 10.1. The Bertz CT molecular complexity index is 1660. The van der Waals surface area contributed by atoms with Crippen LogP contribution in [0.25, 0.3) is 16.6 Å². The zero-order valence-electron chi connectivity index (χ0n) is 22.0. The summed E-state index contributed by atoms with van der Waals surface area (Å²) in [6.07, 6.45) is 1.34. The molecule has 5 rings (SSSR count). The highest BCUT2D eigenvalue weighted by molar-refractivity contribution is 5.94. The number of carbonyl (C=O) groups excluding carboxylic acids is 1. The van der Waals surface area contributed by atoms with E-state index in [-0.39, 0.29) is 11.5 Å². The van der Waals surface area contributed by atoms with E-state index in [1.165, 1.54) is 24.3 Å². The van der Waals surface area contributed by atoms with Crippen LogP contribution in [0.1, 0.15) is 47.2 Å². The van der Waals surface area contributed by atoms with E-state index in [4.69, 9.17) is 4.98 Å². The molecule has 0 aliphatic rings. The van der Waals surface area contributed by atoms with Crippen LogP contribution in [0.4, 0.5) is 4.39 Å². The Balaban J connectivity index is 1.67. The quantitative estimate of drug-likeness (QED) is 0.234. The van der Waals surface area contributed by atoms with Crippen molar-refractivity contribution in [1.29, 1.82) is 0 Å². The number of aromatic nitrogens is 2. The summed E-state index contributed by atoms with van der Waals surface area (Å²) in [7, 11) is 0. The van der Waals surface area contributed by atoms with E-state index < -0.39 is 11.9 Å². The van der Waals surface area contributed by atoms with Gasteiger partial charge in [0.1, 0.15) is 11.6 Å². The van der Waals surface area contributed by atoms with Crippen LogP contribution in [0.3, 0.4) is 0 Å².